The highest BCUT2D eigenvalue weighted by Crippen LogP contribution is 2.29. The van der Waals surface area contributed by atoms with Crippen LogP contribution < -0.4 is 5.32 Å². The van der Waals surface area contributed by atoms with Crippen molar-refractivity contribution < 1.29 is 19.1 Å². The van der Waals surface area contributed by atoms with Crippen molar-refractivity contribution in [1.29, 1.82) is 0 Å². The van der Waals surface area contributed by atoms with E-state index in [4.69, 9.17) is 4.74 Å². The van der Waals surface area contributed by atoms with Crippen molar-refractivity contribution in [3.63, 3.8) is 0 Å². The van der Waals surface area contributed by atoms with E-state index >= 15 is 0 Å². The summed E-state index contributed by atoms with van der Waals surface area (Å²) >= 11 is 0. The minimum Gasteiger partial charge on any atom is -0.451 e. The third-order valence-corrected chi connectivity index (χ3v) is 5.38. The topological polar surface area (TPSA) is 88.3 Å². The molecule has 1 aliphatic carbocycles. The van der Waals surface area contributed by atoms with E-state index in [2.05, 4.69) is 24.1 Å². The summed E-state index contributed by atoms with van der Waals surface area (Å²) < 4.78 is 5.13. The molecule has 6 nitrogen and oxygen atoms in total. The van der Waals surface area contributed by atoms with Crippen LogP contribution in [0.1, 0.15) is 72.1 Å². The molecule has 0 spiro atoms. The monoisotopic (exact) mass is 348 g/mol. The van der Waals surface area contributed by atoms with Gasteiger partial charge < -0.3 is 15.0 Å². The summed E-state index contributed by atoms with van der Waals surface area (Å²) in [6.45, 7) is 8.92. The number of amides is 1. The lowest BCUT2D eigenvalue weighted by Gasteiger charge is -2.34. The summed E-state index contributed by atoms with van der Waals surface area (Å²) in [5.41, 5.74) is 1.92. The molecule has 1 fully saturated rings. The van der Waals surface area contributed by atoms with Crippen LogP contribution >= 0.6 is 0 Å². The van der Waals surface area contributed by atoms with Gasteiger partial charge >= 0.3 is 5.97 Å². The number of aromatic amines is 1. The van der Waals surface area contributed by atoms with Crippen LogP contribution in [0.15, 0.2) is 0 Å². The molecule has 1 aromatic heterocycles. The molecule has 2 rings (SSSR count). The summed E-state index contributed by atoms with van der Waals surface area (Å²) in [7, 11) is 0. The van der Waals surface area contributed by atoms with Crippen molar-refractivity contribution in [1.82, 2.24) is 10.3 Å². The molecule has 0 saturated heterocycles. The lowest BCUT2D eigenvalue weighted by atomic mass is 9.78. The largest absolute Gasteiger partial charge is 0.451 e. The number of H-pyrrole nitrogens is 1. The molecule has 2 N–H and O–H groups in total. The minimum absolute atomic E-state index is 0.108. The first-order valence-corrected chi connectivity index (χ1v) is 8.89. The highest BCUT2D eigenvalue weighted by molar-refractivity contribution is 6.01. The van der Waals surface area contributed by atoms with Crippen LogP contribution in [0, 0.1) is 25.7 Å². The number of nitrogens with one attached hydrogen (secondary N) is 2. The van der Waals surface area contributed by atoms with Gasteiger partial charge in [-0.15, -0.1) is 0 Å². The standard InChI is InChI=1S/C19H28N2O4/c1-10-7-6-8-15(11(10)2)21-16(23)9-25-19(24)18-12(3)17(14(5)22)13(4)20-18/h10-11,15,20H,6-9H2,1-5H3,(H,21,23)/t10-,11-,15-/m0/s1. The molecule has 0 aromatic carbocycles. The summed E-state index contributed by atoms with van der Waals surface area (Å²) in [6, 6.07) is 0.133. The van der Waals surface area contributed by atoms with Crippen molar-refractivity contribution in [3.8, 4) is 0 Å². The van der Waals surface area contributed by atoms with Gasteiger partial charge in [0.05, 0.1) is 0 Å². The van der Waals surface area contributed by atoms with Gasteiger partial charge in [0.25, 0.3) is 5.91 Å². The lowest BCUT2D eigenvalue weighted by Crippen LogP contribution is -2.45. The maximum absolute atomic E-state index is 12.2. The number of rotatable bonds is 5. The number of carbonyl (C=O) groups excluding carboxylic acids is 3. The predicted octanol–water partition coefficient (Wildman–Crippen LogP) is 2.93. The predicted molar refractivity (Wildman–Crippen MR) is 94.7 cm³/mol. The van der Waals surface area contributed by atoms with Crippen molar-refractivity contribution in [2.24, 2.45) is 11.8 Å². The Kier molecular flexibility index (Phi) is 6.03. The number of hydrogen-bond acceptors (Lipinski definition) is 4. The number of aromatic nitrogens is 1. The van der Waals surface area contributed by atoms with Gasteiger partial charge in [-0.3, -0.25) is 9.59 Å². The van der Waals surface area contributed by atoms with E-state index in [0.29, 0.717) is 28.7 Å². The SMILES string of the molecule is CC(=O)c1c(C)[nH]c(C(=O)OCC(=O)N[C@H]2CCC[C@H](C)[C@@H]2C)c1C. The first-order valence-electron chi connectivity index (χ1n) is 8.89. The van der Waals surface area contributed by atoms with E-state index in [9.17, 15) is 14.4 Å². The maximum atomic E-state index is 12.2. The zero-order chi connectivity index (χ0) is 18.7. The van der Waals surface area contributed by atoms with Crippen LogP contribution in [0.4, 0.5) is 0 Å². The average molecular weight is 348 g/mol. The highest BCUT2D eigenvalue weighted by atomic mass is 16.5. The van der Waals surface area contributed by atoms with Gasteiger partial charge in [-0.05, 0) is 44.6 Å². The Morgan fingerprint density at radius 3 is 2.48 bits per heavy atom. The molecule has 3 atom stereocenters. The summed E-state index contributed by atoms with van der Waals surface area (Å²) in [5, 5.41) is 2.97. The van der Waals surface area contributed by atoms with Crippen LogP contribution in [0.3, 0.4) is 0 Å². The Morgan fingerprint density at radius 1 is 1.20 bits per heavy atom. The Balaban J connectivity index is 1.93. The quantitative estimate of drug-likeness (QED) is 0.632. The Morgan fingerprint density at radius 2 is 1.88 bits per heavy atom. The van der Waals surface area contributed by atoms with E-state index in [0.717, 1.165) is 12.8 Å². The molecule has 0 radical (unpaired) electrons. The summed E-state index contributed by atoms with van der Waals surface area (Å²) in [5.74, 6) is -0.0141. The van der Waals surface area contributed by atoms with Crippen molar-refractivity contribution in [2.45, 2.75) is 59.9 Å². The molecule has 1 aromatic rings. The third kappa shape index (κ3) is 4.30. The summed E-state index contributed by atoms with van der Waals surface area (Å²) in [6.07, 6.45) is 3.25. The molecule has 0 unspecified atom stereocenters. The molecule has 6 heteroatoms. The number of ether oxygens (including phenoxy) is 1. The fraction of sp³-hybridized carbons (Fsp3) is 0.632. The van der Waals surface area contributed by atoms with Gasteiger partial charge in [-0.25, -0.2) is 4.79 Å². The molecule has 1 heterocycles. The minimum atomic E-state index is -0.617. The fourth-order valence-electron chi connectivity index (χ4n) is 3.72. The maximum Gasteiger partial charge on any atom is 0.355 e. The molecule has 1 saturated carbocycles. The van der Waals surface area contributed by atoms with Crippen LogP contribution in [0.5, 0.6) is 0 Å². The van der Waals surface area contributed by atoms with Gasteiger partial charge in [0, 0.05) is 17.3 Å². The smallest absolute Gasteiger partial charge is 0.355 e. The van der Waals surface area contributed by atoms with Crippen LogP contribution in [0.25, 0.3) is 0 Å². The van der Waals surface area contributed by atoms with Crippen LogP contribution in [-0.4, -0.2) is 35.3 Å². The first kappa shape index (κ1) is 19.2. The zero-order valence-corrected chi connectivity index (χ0v) is 15.7. The van der Waals surface area contributed by atoms with E-state index in [1.54, 1.807) is 13.8 Å². The van der Waals surface area contributed by atoms with Crippen molar-refractivity contribution >= 4 is 17.7 Å². The number of Topliss-reactive ketones (excluding diaryl/α,β-unsaturated/α-hetero) is 1. The van der Waals surface area contributed by atoms with E-state index < -0.39 is 5.97 Å². The normalized spacial score (nSPS) is 23.2. The Hall–Kier alpha value is -2.11. The first-order chi connectivity index (χ1) is 11.7. The van der Waals surface area contributed by atoms with Crippen molar-refractivity contribution in [2.75, 3.05) is 6.61 Å². The van der Waals surface area contributed by atoms with E-state index in [1.807, 2.05) is 0 Å². The average Bonchev–Trinajstić information content (AvgIpc) is 2.84. The molecule has 25 heavy (non-hydrogen) atoms. The number of aryl methyl sites for hydroxylation is 1. The lowest BCUT2D eigenvalue weighted by molar-refractivity contribution is -0.125. The Labute approximate surface area is 148 Å². The molecule has 0 bridgehead atoms. The summed E-state index contributed by atoms with van der Waals surface area (Å²) in [4.78, 5) is 38.9. The number of hydrogen-bond donors (Lipinski definition) is 2. The second kappa shape index (κ2) is 7.85. The van der Waals surface area contributed by atoms with Gasteiger partial charge in [-0.2, -0.15) is 0 Å². The molecule has 1 aliphatic rings. The molecule has 138 valence electrons. The molecule has 1 amide bonds. The van der Waals surface area contributed by atoms with Gasteiger partial charge in [-0.1, -0.05) is 26.7 Å². The fourth-order valence-corrected chi connectivity index (χ4v) is 3.72. The second-order valence-electron chi connectivity index (χ2n) is 7.20. The van der Waals surface area contributed by atoms with Gasteiger partial charge in [0.15, 0.2) is 12.4 Å². The van der Waals surface area contributed by atoms with E-state index in [1.165, 1.54) is 13.3 Å². The van der Waals surface area contributed by atoms with Crippen molar-refractivity contribution in [3.05, 3.63) is 22.5 Å². The van der Waals surface area contributed by atoms with Gasteiger partial charge in [0.2, 0.25) is 0 Å². The molecule has 0 aliphatic heterocycles. The van der Waals surface area contributed by atoms with Crippen LogP contribution in [-0.2, 0) is 9.53 Å². The zero-order valence-electron chi connectivity index (χ0n) is 15.7. The number of carbonyl (C=O) groups is 3. The van der Waals surface area contributed by atoms with Gasteiger partial charge in [0.1, 0.15) is 5.69 Å². The third-order valence-electron chi connectivity index (χ3n) is 5.38. The van der Waals surface area contributed by atoms with E-state index in [-0.39, 0.29) is 30.0 Å². The highest BCUT2D eigenvalue weighted by Gasteiger charge is 2.28. The molecular weight excluding hydrogens is 320 g/mol. The Bertz CT molecular complexity index is 677. The molecular formula is C19H28N2O4. The van der Waals surface area contributed by atoms with Crippen LogP contribution in [0.2, 0.25) is 0 Å². The number of esters is 1. The number of ketones is 1. The second-order valence-corrected chi connectivity index (χ2v) is 7.20.